The zero-order chi connectivity index (χ0) is 17.8. The lowest BCUT2D eigenvalue weighted by Crippen LogP contribution is -2.50. The van der Waals surface area contributed by atoms with Gasteiger partial charge in [0, 0.05) is 16.5 Å². The molecule has 2 bridgehead atoms. The molecule has 1 saturated carbocycles. The summed E-state index contributed by atoms with van der Waals surface area (Å²) >= 11 is -3.99. The van der Waals surface area contributed by atoms with Crippen LogP contribution in [0.2, 0.25) is 0 Å². The van der Waals surface area contributed by atoms with Gasteiger partial charge in [-0.2, -0.15) is 8.78 Å². The van der Waals surface area contributed by atoms with E-state index in [1.807, 2.05) is 0 Å². The largest absolute Gasteiger partial charge is 0.768 e. The molecule has 0 spiro atoms. The first-order valence-corrected chi connectivity index (χ1v) is 7.92. The standard InChI is InChI=1S/C13H17F3O6S/c1-10(2)11(3)4-5-12(10,22-8(11)17)9(18)21-6-7(14)13(15,16)23(19)20/h7H,4-6H2,1-3H3,(H,19,20)/p-1. The van der Waals surface area contributed by atoms with Crippen molar-refractivity contribution in [1.82, 2.24) is 0 Å². The monoisotopic (exact) mass is 357 g/mol. The molecule has 0 radical (unpaired) electrons. The Morgan fingerprint density at radius 3 is 2.39 bits per heavy atom. The van der Waals surface area contributed by atoms with Gasteiger partial charge in [-0.15, -0.1) is 0 Å². The number of hydrogen-bond acceptors (Lipinski definition) is 6. The van der Waals surface area contributed by atoms with E-state index < -0.39 is 57.5 Å². The van der Waals surface area contributed by atoms with Crippen LogP contribution in [0.5, 0.6) is 0 Å². The fourth-order valence-electron chi connectivity index (χ4n) is 3.17. The number of esters is 2. The van der Waals surface area contributed by atoms with Gasteiger partial charge in [-0.25, -0.2) is 9.18 Å². The van der Waals surface area contributed by atoms with Gasteiger partial charge in [0.1, 0.15) is 6.61 Å². The molecule has 6 nitrogen and oxygen atoms in total. The molecule has 4 atom stereocenters. The molecular formula is C13H16F3O6S-. The number of carbonyl (C=O) groups excluding carboxylic acids is 2. The molecule has 0 amide bonds. The number of carbonyl (C=O) groups is 2. The van der Waals surface area contributed by atoms with Crippen LogP contribution in [0.4, 0.5) is 13.2 Å². The van der Waals surface area contributed by atoms with Crippen molar-refractivity contribution in [2.45, 2.75) is 50.6 Å². The second-order valence-corrected chi connectivity index (χ2v) is 7.55. The lowest BCUT2D eigenvalue weighted by Gasteiger charge is -2.34. The van der Waals surface area contributed by atoms with Crippen LogP contribution in [-0.4, -0.2) is 44.3 Å². The quantitative estimate of drug-likeness (QED) is 0.546. The van der Waals surface area contributed by atoms with Crippen LogP contribution in [0, 0.1) is 10.8 Å². The smallest absolute Gasteiger partial charge is 0.351 e. The average molecular weight is 357 g/mol. The van der Waals surface area contributed by atoms with Crippen LogP contribution in [0.1, 0.15) is 33.6 Å². The summed E-state index contributed by atoms with van der Waals surface area (Å²) in [5, 5.41) is -4.68. The highest BCUT2D eigenvalue weighted by Crippen LogP contribution is 2.65. The van der Waals surface area contributed by atoms with Gasteiger partial charge in [0.15, 0.2) is 0 Å². The van der Waals surface area contributed by atoms with E-state index in [1.54, 1.807) is 20.8 Å². The minimum atomic E-state index is -4.68. The zero-order valence-electron chi connectivity index (χ0n) is 12.7. The molecule has 2 rings (SSSR count). The van der Waals surface area contributed by atoms with E-state index in [0.29, 0.717) is 6.42 Å². The number of hydrogen-bond donors (Lipinski definition) is 0. The Bertz CT molecular complexity index is 580. The number of halogens is 3. The predicted octanol–water partition coefficient (Wildman–Crippen LogP) is 1.46. The topological polar surface area (TPSA) is 92.7 Å². The lowest BCUT2D eigenvalue weighted by atomic mass is 9.66. The van der Waals surface area contributed by atoms with Gasteiger partial charge in [0.2, 0.25) is 11.8 Å². The predicted molar refractivity (Wildman–Crippen MR) is 69.7 cm³/mol. The van der Waals surface area contributed by atoms with Gasteiger partial charge < -0.3 is 14.0 Å². The van der Waals surface area contributed by atoms with Crippen molar-refractivity contribution in [3.63, 3.8) is 0 Å². The fraction of sp³-hybridized carbons (Fsp3) is 0.846. The summed E-state index contributed by atoms with van der Waals surface area (Å²) < 4.78 is 69.5. The first kappa shape index (κ1) is 18.2. The fourth-order valence-corrected chi connectivity index (χ4v) is 3.45. The third-order valence-electron chi connectivity index (χ3n) is 5.36. The van der Waals surface area contributed by atoms with E-state index in [2.05, 4.69) is 4.74 Å². The molecule has 0 aromatic carbocycles. The van der Waals surface area contributed by atoms with E-state index in [0.717, 1.165) is 0 Å². The zero-order valence-corrected chi connectivity index (χ0v) is 13.5. The van der Waals surface area contributed by atoms with Crippen molar-refractivity contribution in [2.75, 3.05) is 6.61 Å². The molecule has 0 aromatic rings. The molecule has 2 aliphatic rings. The molecule has 2 fully saturated rings. The third kappa shape index (κ3) is 2.21. The Hall–Kier alpha value is -1.16. The minimum absolute atomic E-state index is 0.127. The van der Waals surface area contributed by atoms with Crippen molar-refractivity contribution in [2.24, 2.45) is 10.8 Å². The van der Waals surface area contributed by atoms with E-state index in [4.69, 9.17) is 4.74 Å². The van der Waals surface area contributed by atoms with Crippen LogP contribution in [0.25, 0.3) is 0 Å². The molecule has 1 aliphatic carbocycles. The maximum Gasteiger partial charge on any atom is 0.351 e. The summed E-state index contributed by atoms with van der Waals surface area (Å²) in [6.07, 6.45) is -2.75. The highest BCUT2D eigenvalue weighted by molar-refractivity contribution is 7.80. The molecule has 1 saturated heterocycles. The molecule has 1 heterocycles. The highest BCUT2D eigenvalue weighted by atomic mass is 32.2. The number of alkyl halides is 3. The van der Waals surface area contributed by atoms with Gasteiger partial charge in [0.25, 0.3) is 0 Å². The van der Waals surface area contributed by atoms with Gasteiger partial charge in [-0.3, -0.25) is 9.00 Å². The van der Waals surface area contributed by atoms with Crippen LogP contribution in [-0.2, 0) is 30.1 Å². The summed E-state index contributed by atoms with van der Waals surface area (Å²) in [4.78, 5) is 24.2. The second-order valence-electron chi connectivity index (χ2n) is 6.54. The van der Waals surface area contributed by atoms with Gasteiger partial charge in [0.05, 0.1) is 5.41 Å². The van der Waals surface area contributed by atoms with Gasteiger partial charge in [-0.05, 0) is 19.8 Å². The van der Waals surface area contributed by atoms with Crippen molar-refractivity contribution in [1.29, 1.82) is 0 Å². The average Bonchev–Trinajstić information content (AvgIpc) is 2.74. The molecule has 23 heavy (non-hydrogen) atoms. The Balaban J connectivity index is 2.14. The van der Waals surface area contributed by atoms with E-state index in [-0.39, 0.29) is 6.42 Å². The Morgan fingerprint density at radius 2 is 2.00 bits per heavy atom. The van der Waals surface area contributed by atoms with E-state index >= 15 is 0 Å². The molecule has 1 aliphatic heterocycles. The molecule has 0 aromatic heterocycles. The SMILES string of the molecule is CC12CCC(C(=O)OCC(F)C(F)(F)S(=O)[O-])(OC1=O)C2(C)C. The number of rotatable bonds is 5. The summed E-state index contributed by atoms with van der Waals surface area (Å²) in [5.41, 5.74) is -3.57. The van der Waals surface area contributed by atoms with Crippen LogP contribution in [0.3, 0.4) is 0 Å². The molecular weight excluding hydrogens is 341 g/mol. The lowest BCUT2D eigenvalue weighted by molar-refractivity contribution is -0.186. The van der Waals surface area contributed by atoms with Gasteiger partial charge >= 0.3 is 17.2 Å². The van der Waals surface area contributed by atoms with Crippen molar-refractivity contribution < 1.29 is 41.0 Å². The summed E-state index contributed by atoms with van der Waals surface area (Å²) in [7, 11) is 0. The highest BCUT2D eigenvalue weighted by Gasteiger charge is 2.76. The van der Waals surface area contributed by atoms with Crippen LogP contribution in [0.15, 0.2) is 0 Å². The summed E-state index contributed by atoms with van der Waals surface area (Å²) in [6, 6.07) is 0. The van der Waals surface area contributed by atoms with Crippen molar-refractivity contribution in [3.8, 4) is 0 Å². The van der Waals surface area contributed by atoms with Crippen molar-refractivity contribution >= 4 is 23.0 Å². The van der Waals surface area contributed by atoms with E-state index in [1.165, 1.54) is 0 Å². The minimum Gasteiger partial charge on any atom is -0.768 e. The van der Waals surface area contributed by atoms with E-state index in [9.17, 15) is 31.5 Å². The summed E-state index contributed by atoms with van der Waals surface area (Å²) in [6.45, 7) is 3.40. The third-order valence-corrected chi connectivity index (χ3v) is 6.06. The van der Waals surface area contributed by atoms with Crippen molar-refractivity contribution in [3.05, 3.63) is 0 Å². The Labute approximate surface area is 133 Å². The van der Waals surface area contributed by atoms with Crippen LogP contribution < -0.4 is 0 Å². The van der Waals surface area contributed by atoms with Crippen LogP contribution >= 0.6 is 0 Å². The summed E-state index contributed by atoms with van der Waals surface area (Å²) in [5.74, 6) is -1.75. The number of ether oxygens (including phenoxy) is 2. The Kier molecular flexibility index (Phi) is 4.09. The molecule has 10 heteroatoms. The maximum atomic E-state index is 13.3. The molecule has 132 valence electrons. The molecule has 0 N–H and O–H groups in total. The first-order valence-electron chi connectivity index (χ1n) is 6.85. The Morgan fingerprint density at radius 1 is 1.43 bits per heavy atom. The number of fused-ring (bicyclic) bond motifs is 2. The maximum absolute atomic E-state index is 13.3. The normalized spacial score (nSPS) is 34.8. The first-order chi connectivity index (χ1) is 10.3. The molecule has 4 unspecified atom stereocenters. The second kappa shape index (κ2) is 5.17. The van der Waals surface area contributed by atoms with Gasteiger partial charge in [-0.1, -0.05) is 13.8 Å².